The zero-order valence-corrected chi connectivity index (χ0v) is 19.0. The van der Waals surface area contributed by atoms with Crippen LogP contribution in [0.1, 0.15) is 45.6 Å². The lowest BCUT2D eigenvalue weighted by Crippen LogP contribution is -2.45. The summed E-state index contributed by atoms with van der Waals surface area (Å²) in [5.74, 6) is -0.546. The molecule has 2 heterocycles. The number of ether oxygens (including phenoxy) is 2. The molecule has 0 spiro atoms. The summed E-state index contributed by atoms with van der Waals surface area (Å²) in [6, 6.07) is 7.27. The first kappa shape index (κ1) is 23.0. The minimum absolute atomic E-state index is 0.0145. The normalized spacial score (nSPS) is 17.5. The highest BCUT2D eigenvalue weighted by Gasteiger charge is 2.28. The number of likely N-dealkylation sites (tertiary alicyclic amines) is 1. The number of esters is 2. The van der Waals surface area contributed by atoms with Gasteiger partial charge in [-0.25, -0.2) is 19.1 Å². The lowest BCUT2D eigenvalue weighted by molar-refractivity contribution is -0.133. The van der Waals surface area contributed by atoms with Gasteiger partial charge >= 0.3 is 18.0 Å². The minimum Gasteiger partial charge on any atom is -0.404 e. The Morgan fingerprint density at radius 3 is 2.48 bits per heavy atom. The Morgan fingerprint density at radius 1 is 1.09 bits per heavy atom. The largest absolute Gasteiger partial charge is 0.415 e. The van der Waals surface area contributed by atoms with Crippen LogP contribution in [0.15, 0.2) is 36.4 Å². The van der Waals surface area contributed by atoms with Crippen molar-refractivity contribution in [2.24, 2.45) is 5.92 Å². The Balaban J connectivity index is 1.25. The molecule has 1 aromatic carbocycles. The van der Waals surface area contributed by atoms with E-state index in [0.29, 0.717) is 16.8 Å². The van der Waals surface area contributed by atoms with Crippen LogP contribution in [-0.2, 0) is 14.3 Å². The van der Waals surface area contributed by atoms with Crippen molar-refractivity contribution in [1.29, 1.82) is 0 Å². The average Bonchev–Trinajstić information content (AvgIpc) is 3.53. The zero-order chi connectivity index (χ0) is 23.4. The molecular formula is C24H30N4O5. The number of fused-ring (bicyclic) bond motifs is 1. The van der Waals surface area contributed by atoms with E-state index in [1.165, 1.54) is 12.8 Å². The van der Waals surface area contributed by atoms with Crippen LogP contribution >= 0.6 is 0 Å². The summed E-state index contributed by atoms with van der Waals surface area (Å²) in [7, 11) is 0. The minimum atomic E-state index is -0.933. The molecule has 1 saturated heterocycles. The van der Waals surface area contributed by atoms with E-state index in [-0.39, 0.29) is 12.1 Å². The van der Waals surface area contributed by atoms with Crippen LogP contribution in [0.25, 0.3) is 10.9 Å². The predicted molar refractivity (Wildman–Crippen MR) is 122 cm³/mol. The summed E-state index contributed by atoms with van der Waals surface area (Å²) >= 11 is 0. The third kappa shape index (κ3) is 6.19. The Morgan fingerprint density at radius 2 is 1.79 bits per heavy atom. The topological polar surface area (TPSA) is 103 Å². The van der Waals surface area contributed by atoms with E-state index in [4.69, 9.17) is 9.47 Å². The number of amides is 1. The van der Waals surface area contributed by atoms with E-state index in [1.807, 2.05) is 38.1 Å². The number of rotatable bonds is 7. The second kappa shape index (κ2) is 10.2. The van der Waals surface area contributed by atoms with Crippen LogP contribution in [0.2, 0.25) is 0 Å². The Bertz CT molecular complexity index is 1050. The molecule has 0 atom stereocenters. The average molecular weight is 455 g/mol. The molecule has 1 aliphatic heterocycles. The number of carbonyl (C=O) groups excluding carboxylic acids is 3. The molecule has 9 nitrogen and oxygen atoms in total. The number of nitrogens with one attached hydrogen (secondary N) is 1. The maximum absolute atomic E-state index is 12.3. The van der Waals surface area contributed by atoms with Gasteiger partial charge in [-0.05, 0) is 57.6 Å². The first-order valence-electron chi connectivity index (χ1n) is 11.5. The number of nitrogens with zero attached hydrogens (tertiary/aromatic N) is 3. The highest BCUT2D eigenvalue weighted by molar-refractivity contribution is 5.97. The molecule has 1 amide bonds. The van der Waals surface area contributed by atoms with Crippen LogP contribution < -0.4 is 10.1 Å². The summed E-state index contributed by atoms with van der Waals surface area (Å²) in [6.07, 6.45) is 5.34. The van der Waals surface area contributed by atoms with Gasteiger partial charge in [0, 0.05) is 37.8 Å². The molecule has 1 saturated carbocycles. The van der Waals surface area contributed by atoms with Gasteiger partial charge in [0.2, 0.25) is 5.88 Å². The van der Waals surface area contributed by atoms with Gasteiger partial charge in [-0.2, -0.15) is 5.10 Å². The lowest BCUT2D eigenvalue weighted by atomic mass is 10.1. The van der Waals surface area contributed by atoms with E-state index >= 15 is 0 Å². The van der Waals surface area contributed by atoms with Gasteiger partial charge in [0.05, 0.1) is 16.9 Å². The fourth-order valence-corrected chi connectivity index (χ4v) is 3.99. The number of hydrogen-bond donors (Lipinski definition) is 1. The van der Waals surface area contributed by atoms with Gasteiger partial charge in [0.25, 0.3) is 0 Å². The van der Waals surface area contributed by atoms with Crippen LogP contribution in [0.5, 0.6) is 5.88 Å². The third-order valence-corrected chi connectivity index (χ3v) is 5.92. The lowest BCUT2D eigenvalue weighted by Gasteiger charge is -2.31. The second-order valence-electron chi connectivity index (χ2n) is 8.99. The van der Waals surface area contributed by atoms with E-state index in [0.717, 1.165) is 50.5 Å². The van der Waals surface area contributed by atoms with Crippen molar-refractivity contribution in [2.75, 3.05) is 19.6 Å². The quantitative estimate of drug-likeness (QED) is 0.389. The molecule has 33 heavy (non-hydrogen) atoms. The summed E-state index contributed by atoms with van der Waals surface area (Å²) < 4.78 is 11.8. The van der Waals surface area contributed by atoms with Crippen molar-refractivity contribution in [1.82, 2.24) is 20.0 Å². The number of carbonyl (C=O) groups is 3. The maximum Gasteiger partial charge on any atom is 0.415 e. The zero-order valence-electron chi connectivity index (χ0n) is 19.0. The van der Waals surface area contributed by atoms with Gasteiger partial charge in [-0.1, -0.05) is 12.1 Å². The fraction of sp³-hybridized carbons (Fsp3) is 0.500. The SMILES string of the molecule is CC(C)n1nc2ccccc2c1OC(=O)/C=C/C(=O)OC(=O)NC1CCN(CC2CC2)CC1. The van der Waals surface area contributed by atoms with Crippen molar-refractivity contribution in [2.45, 2.75) is 51.6 Å². The first-order chi connectivity index (χ1) is 15.9. The van der Waals surface area contributed by atoms with Crippen molar-refractivity contribution < 1.29 is 23.9 Å². The van der Waals surface area contributed by atoms with Gasteiger partial charge in [0.1, 0.15) is 0 Å². The van der Waals surface area contributed by atoms with E-state index in [2.05, 4.69) is 15.3 Å². The van der Waals surface area contributed by atoms with Crippen molar-refractivity contribution in [3.63, 3.8) is 0 Å². The summed E-state index contributed by atoms with van der Waals surface area (Å²) in [5.41, 5.74) is 0.701. The van der Waals surface area contributed by atoms with Gasteiger partial charge in [-0.15, -0.1) is 0 Å². The standard InChI is InChI=1S/C24H30N4O5/c1-16(2)28-23(19-5-3-4-6-20(19)26-28)32-21(29)9-10-22(30)33-24(31)25-18-11-13-27(14-12-18)15-17-7-8-17/h3-6,9-10,16-18H,7-8,11-15H2,1-2H3,(H,25,31)/b10-9+. The van der Waals surface area contributed by atoms with E-state index in [1.54, 1.807) is 4.68 Å². The fourth-order valence-electron chi connectivity index (χ4n) is 3.99. The molecule has 2 aliphatic rings. The number of aromatic nitrogens is 2. The summed E-state index contributed by atoms with van der Waals surface area (Å²) in [4.78, 5) is 38.7. The Hall–Kier alpha value is -3.20. The Labute approximate surface area is 192 Å². The van der Waals surface area contributed by atoms with Crippen molar-refractivity contribution >= 4 is 28.9 Å². The molecule has 1 aromatic heterocycles. The van der Waals surface area contributed by atoms with E-state index in [9.17, 15) is 14.4 Å². The van der Waals surface area contributed by atoms with Crippen LogP contribution in [0, 0.1) is 5.92 Å². The first-order valence-corrected chi connectivity index (χ1v) is 11.5. The molecule has 0 radical (unpaired) electrons. The molecule has 0 bridgehead atoms. The van der Waals surface area contributed by atoms with Crippen LogP contribution in [0.4, 0.5) is 4.79 Å². The molecule has 176 valence electrons. The molecule has 1 aliphatic carbocycles. The van der Waals surface area contributed by atoms with Crippen molar-refractivity contribution in [3.8, 4) is 5.88 Å². The van der Waals surface area contributed by atoms with Gasteiger partial charge in [-0.3, -0.25) is 0 Å². The number of hydrogen-bond acceptors (Lipinski definition) is 7. The summed E-state index contributed by atoms with van der Waals surface area (Å²) in [5, 5.41) is 7.87. The molecule has 9 heteroatoms. The highest BCUT2D eigenvalue weighted by Crippen LogP contribution is 2.30. The molecular weight excluding hydrogens is 424 g/mol. The Kier molecular flexibility index (Phi) is 7.08. The van der Waals surface area contributed by atoms with Crippen LogP contribution in [-0.4, -0.2) is 58.4 Å². The molecule has 2 fully saturated rings. The smallest absolute Gasteiger partial charge is 0.404 e. The molecule has 2 aromatic rings. The number of piperidine rings is 1. The van der Waals surface area contributed by atoms with Crippen LogP contribution in [0.3, 0.4) is 0 Å². The van der Waals surface area contributed by atoms with E-state index < -0.39 is 18.0 Å². The summed E-state index contributed by atoms with van der Waals surface area (Å²) in [6.45, 7) is 6.85. The van der Waals surface area contributed by atoms with Gasteiger partial charge < -0.3 is 19.7 Å². The monoisotopic (exact) mass is 454 g/mol. The molecule has 0 unspecified atom stereocenters. The molecule has 1 N–H and O–H groups in total. The number of alkyl carbamates (subject to hydrolysis) is 1. The number of benzene rings is 1. The maximum atomic E-state index is 12.3. The molecule has 4 rings (SSSR count). The van der Waals surface area contributed by atoms with Crippen molar-refractivity contribution in [3.05, 3.63) is 36.4 Å². The highest BCUT2D eigenvalue weighted by atomic mass is 16.6. The van der Waals surface area contributed by atoms with Gasteiger partial charge in [0.15, 0.2) is 0 Å². The third-order valence-electron chi connectivity index (χ3n) is 5.92. The second-order valence-corrected chi connectivity index (χ2v) is 8.99. The predicted octanol–water partition coefficient (Wildman–Crippen LogP) is 3.21.